The van der Waals surface area contributed by atoms with Gasteiger partial charge in [-0.15, -0.1) is 0 Å². The molecule has 1 aliphatic rings. The van der Waals surface area contributed by atoms with Crippen molar-refractivity contribution >= 4 is 7.49 Å². The number of rotatable bonds is 2. The van der Waals surface area contributed by atoms with Crippen molar-refractivity contribution in [3.05, 3.63) is 12.7 Å². The zero-order valence-corrected chi connectivity index (χ0v) is 7.56. The molecule has 0 amide bonds. The van der Waals surface area contributed by atoms with Crippen molar-refractivity contribution in [2.24, 2.45) is 0 Å². The van der Waals surface area contributed by atoms with E-state index >= 15 is 0 Å². The molecule has 2 unspecified atom stereocenters. The largest absolute Gasteiger partial charge is 0.248 e. The maximum absolute atomic E-state index is 13.2. The molecule has 1 aliphatic heterocycles. The lowest BCUT2D eigenvalue weighted by molar-refractivity contribution is 0.362. The molecule has 11 heavy (non-hydrogen) atoms. The fourth-order valence-electron chi connectivity index (χ4n) is 1.51. The van der Waals surface area contributed by atoms with E-state index in [-0.39, 0.29) is 0 Å². The van der Waals surface area contributed by atoms with Crippen LogP contribution in [-0.2, 0) is 0 Å². The standard InChI is InChI=1S/C8H15FOP/c1-2-6-11(10)7-4-3-5-8(11)9/h2,8,10H,1,3-7H2/q+1. The molecule has 1 heterocycles. The van der Waals surface area contributed by atoms with Gasteiger partial charge in [0.15, 0.2) is 7.49 Å². The number of halogens is 1. The first kappa shape index (κ1) is 9.15. The van der Waals surface area contributed by atoms with Gasteiger partial charge < -0.3 is 0 Å². The van der Waals surface area contributed by atoms with Crippen LogP contribution in [0.25, 0.3) is 0 Å². The van der Waals surface area contributed by atoms with E-state index in [4.69, 9.17) is 0 Å². The maximum atomic E-state index is 13.2. The summed E-state index contributed by atoms with van der Waals surface area (Å²) in [4.78, 5) is 9.80. The molecular formula is C8H15FOP+. The van der Waals surface area contributed by atoms with Gasteiger partial charge in [0, 0.05) is 6.42 Å². The first-order valence-corrected chi connectivity index (χ1v) is 6.21. The Bertz CT molecular complexity index is 151. The molecule has 1 N–H and O–H groups in total. The smallest absolute Gasteiger partial charge is 0.231 e. The van der Waals surface area contributed by atoms with Gasteiger partial charge in [-0.05, 0) is 12.8 Å². The van der Waals surface area contributed by atoms with Gasteiger partial charge in [0.05, 0.1) is 6.16 Å². The van der Waals surface area contributed by atoms with E-state index in [1.54, 1.807) is 6.08 Å². The van der Waals surface area contributed by atoms with Crippen molar-refractivity contribution in [2.45, 2.75) is 25.2 Å². The Morgan fingerprint density at radius 3 is 2.91 bits per heavy atom. The molecule has 2 atom stereocenters. The quantitative estimate of drug-likeness (QED) is 0.507. The van der Waals surface area contributed by atoms with Crippen LogP contribution < -0.4 is 0 Å². The van der Waals surface area contributed by atoms with E-state index in [0.29, 0.717) is 18.7 Å². The third-order valence-electron chi connectivity index (χ3n) is 2.20. The molecule has 0 aliphatic carbocycles. The second-order valence-electron chi connectivity index (χ2n) is 3.11. The van der Waals surface area contributed by atoms with E-state index in [0.717, 1.165) is 12.8 Å². The minimum absolute atomic E-state index is 0.494. The fourth-order valence-corrected chi connectivity index (χ4v) is 4.08. The molecule has 1 saturated heterocycles. The highest BCUT2D eigenvalue weighted by atomic mass is 31.2. The van der Waals surface area contributed by atoms with Crippen molar-refractivity contribution in [2.75, 3.05) is 12.3 Å². The summed E-state index contributed by atoms with van der Waals surface area (Å²) >= 11 is 0. The monoisotopic (exact) mass is 177 g/mol. The van der Waals surface area contributed by atoms with Gasteiger partial charge in [0.2, 0.25) is 5.91 Å². The molecule has 1 nitrogen and oxygen atoms in total. The second kappa shape index (κ2) is 3.64. The Hall–Kier alpha value is 0.0600. The van der Waals surface area contributed by atoms with Crippen LogP contribution in [-0.4, -0.2) is 23.1 Å². The SMILES string of the molecule is C=CC[P+]1(O)CCCCC1F. The van der Waals surface area contributed by atoms with Gasteiger partial charge in [0.1, 0.15) is 6.16 Å². The van der Waals surface area contributed by atoms with Crippen LogP contribution in [0.5, 0.6) is 0 Å². The van der Waals surface area contributed by atoms with Crippen LogP contribution in [0.1, 0.15) is 19.3 Å². The molecule has 0 saturated carbocycles. The molecular weight excluding hydrogens is 162 g/mol. The molecule has 0 aromatic heterocycles. The van der Waals surface area contributed by atoms with Crippen LogP contribution in [0.2, 0.25) is 0 Å². The highest BCUT2D eigenvalue weighted by molar-refractivity contribution is 7.71. The van der Waals surface area contributed by atoms with Crippen molar-refractivity contribution in [3.63, 3.8) is 0 Å². The first-order chi connectivity index (χ1) is 5.19. The molecule has 0 aromatic carbocycles. The van der Waals surface area contributed by atoms with Gasteiger partial charge in [-0.25, -0.2) is 4.89 Å². The Morgan fingerprint density at radius 1 is 1.64 bits per heavy atom. The number of hydrogen-bond acceptors (Lipinski definition) is 1. The second-order valence-corrected chi connectivity index (χ2v) is 6.46. The van der Waals surface area contributed by atoms with E-state index in [9.17, 15) is 9.28 Å². The van der Waals surface area contributed by atoms with Crippen molar-refractivity contribution in [1.29, 1.82) is 0 Å². The average Bonchev–Trinajstić information content (AvgIpc) is 1.96. The fraction of sp³-hybridized carbons (Fsp3) is 0.750. The Morgan fingerprint density at radius 2 is 2.36 bits per heavy atom. The molecule has 1 fully saturated rings. The van der Waals surface area contributed by atoms with Gasteiger partial charge in [-0.3, -0.25) is 0 Å². The third-order valence-corrected chi connectivity index (χ3v) is 5.49. The molecule has 1 rings (SSSR count). The Labute approximate surface area is 67.7 Å². The lowest BCUT2D eigenvalue weighted by Gasteiger charge is -2.26. The van der Waals surface area contributed by atoms with E-state index < -0.39 is 13.4 Å². The lowest BCUT2D eigenvalue weighted by Crippen LogP contribution is -2.18. The Kier molecular flexibility index (Phi) is 3.03. The van der Waals surface area contributed by atoms with Crippen LogP contribution >= 0.6 is 7.49 Å². The predicted octanol–water partition coefficient (Wildman–Crippen LogP) is 2.58. The zero-order chi connectivity index (χ0) is 8.32. The molecule has 0 spiro atoms. The molecule has 64 valence electrons. The topological polar surface area (TPSA) is 20.2 Å². The van der Waals surface area contributed by atoms with Crippen LogP contribution in [0, 0.1) is 0 Å². The zero-order valence-electron chi connectivity index (χ0n) is 6.67. The van der Waals surface area contributed by atoms with Crippen molar-refractivity contribution < 1.29 is 9.28 Å². The van der Waals surface area contributed by atoms with Gasteiger partial charge in [-0.1, -0.05) is 12.7 Å². The summed E-state index contributed by atoms with van der Waals surface area (Å²) in [5.41, 5.74) is 0. The lowest BCUT2D eigenvalue weighted by atomic mass is 10.3. The molecule has 0 bridgehead atoms. The summed E-state index contributed by atoms with van der Waals surface area (Å²) in [7, 11) is -2.24. The summed E-state index contributed by atoms with van der Waals surface area (Å²) in [6, 6.07) is 0. The van der Waals surface area contributed by atoms with Gasteiger partial charge in [0.25, 0.3) is 0 Å². The minimum atomic E-state index is -2.24. The highest BCUT2D eigenvalue weighted by Crippen LogP contribution is 2.63. The van der Waals surface area contributed by atoms with E-state index in [2.05, 4.69) is 6.58 Å². The summed E-state index contributed by atoms with van der Waals surface area (Å²) in [5, 5.41) is 0. The van der Waals surface area contributed by atoms with E-state index in [1.165, 1.54) is 0 Å². The summed E-state index contributed by atoms with van der Waals surface area (Å²) in [5.74, 6) is -0.936. The van der Waals surface area contributed by atoms with Gasteiger partial charge >= 0.3 is 0 Å². The summed E-state index contributed by atoms with van der Waals surface area (Å²) < 4.78 is 13.2. The summed E-state index contributed by atoms with van der Waals surface area (Å²) in [6.45, 7) is 3.54. The molecule has 3 heteroatoms. The van der Waals surface area contributed by atoms with Crippen molar-refractivity contribution in [3.8, 4) is 0 Å². The van der Waals surface area contributed by atoms with Crippen LogP contribution in [0.4, 0.5) is 4.39 Å². The number of alkyl halides is 1. The number of allylic oxidation sites excluding steroid dienone is 1. The average molecular weight is 177 g/mol. The van der Waals surface area contributed by atoms with Crippen molar-refractivity contribution in [1.82, 2.24) is 0 Å². The van der Waals surface area contributed by atoms with Gasteiger partial charge in [-0.2, -0.15) is 4.39 Å². The minimum Gasteiger partial charge on any atom is -0.248 e. The molecule has 0 radical (unpaired) electrons. The van der Waals surface area contributed by atoms with E-state index in [1.807, 2.05) is 0 Å². The summed E-state index contributed by atoms with van der Waals surface area (Å²) in [6.07, 6.45) is 5.30. The predicted molar refractivity (Wildman–Crippen MR) is 47.8 cm³/mol. The highest BCUT2D eigenvalue weighted by Gasteiger charge is 2.46. The van der Waals surface area contributed by atoms with Crippen LogP contribution in [0.3, 0.4) is 0 Å². The molecule has 0 aromatic rings. The third kappa shape index (κ3) is 2.00. The van der Waals surface area contributed by atoms with Crippen LogP contribution in [0.15, 0.2) is 12.7 Å². The maximum Gasteiger partial charge on any atom is 0.231 e. The first-order valence-electron chi connectivity index (χ1n) is 4.03. The number of hydrogen-bond donors (Lipinski definition) is 1. The normalized spacial score (nSPS) is 38.5. The Balaban J connectivity index is 2.56.